The fourth-order valence-electron chi connectivity index (χ4n) is 4.21. The number of aliphatic hydroxyl groups excluding tert-OH is 1. The van der Waals surface area contributed by atoms with E-state index in [2.05, 4.69) is 26.1 Å². The number of aliphatic hydroxyl groups is 1. The van der Waals surface area contributed by atoms with Gasteiger partial charge in [-0.2, -0.15) is 0 Å². The van der Waals surface area contributed by atoms with Gasteiger partial charge in [0.15, 0.2) is 0 Å². The smallest absolute Gasteiger partial charge is 0.412 e. The zero-order valence-electron chi connectivity index (χ0n) is 22.1. The molecule has 1 heterocycles. The highest BCUT2D eigenvalue weighted by atomic mass is 16.6. The van der Waals surface area contributed by atoms with Crippen LogP contribution in [0.3, 0.4) is 0 Å². The molecule has 32 heavy (non-hydrogen) atoms. The van der Waals surface area contributed by atoms with Crippen LogP contribution in [0.1, 0.15) is 94.9 Å². The average Bonchev–Trinajstić information content (AvgIpc) is 2.90. The first-order valence-corrected chi connectivity index (χ1v) is 12.1. The average molecular weight is 457 g/mol. The summed E-state index contributed by atoms with van der Waals surface area (Å²) in [6.07, 6.45) is 2.59. The van der Waals surface area contributed by atoms with Crippen LogP contribution in [0, 0.1) is 17.3 Å². The SMILES string of the molecule is CCCCC(C)(C)C(=O)NCC1OC(C)(C)N(C(=O)OC(C)(C)C)C1C[C@H](CO)C(C)C. The van der Waals surface area contributed by atoms with Crippen molar-refractivity contribution in [1.29, 1.82) is 0 Å². The Kier molecular flexibility index (Phi) is 10.0. The largest absolute Gasteiger partial charge is 0.444 e. The van der Waals surface area contributed by atoms with Crippen LogP contribution in [0.25, 0.3) is 0 Å². The maximum absolute atomic E-state index is 13.2. The lowest BCUT2D eigenvalue weighted by atomic mass is 9.85. The Labute approximate surface area is 195 Å². The van der Waals surface area contributed by atoms with Gasteiger partial charge in [0.2, 0.25) is 5.91 Å². The molecule has 0 aromatic carbocycles. The molecule has 0 aromatic rings. The van der Waals surface area contributed by atoms with E-state index >= 15 is 0 Å². The van der Waals surface area contributed by atoms with Crippen LogP contribution in [-0.2, 0) is 14.3 Å². The van der Waals surface area contributed by atoms with Gasteiger partial charge in [0, 0.05) is 18.6 Å². The number of carbonyl (C=O) groups excluding carboxylic acids is 2. The summed E-state index contributed by atoms with van der Waals surface area (Å²) in [5.74, 6) is 0.235. The van der Waals surface area contributed by atoms with Crippen LogP contribution in [0.15, 0.2) is 0 Å². The van der Waals surface area contributed by atoms with Gasteiger partial charge in [0.1, 0.15) is 11.3 Å². The Balaban J connectivity index is 3.11. The molecule has 1 aliphatic heterocycles. The summed E-state index contributed by atoms with van der Waals surface area (Å²) in [6, 6.07) is -0.321. The van der Waals surface area contributed by atoms with Crippen molar-refractivity contribution in [1.82, 2.24) is 10.2 Å². The molecular formula is C25H48N2O5. The Morgan fingerprint density at radius 1 is 1.19 bits per heavy atom. The molecule has 0 aliphatic carbocycles. The quantitative estimate of drug-likeness (QED) is 0.497. The molecule has 188 valence electrons. The number of hydrogen-bond donors (Lipinski definition) is 2. The van der Waals surface area contributed by atoms with Gasteiger partial charge >= 0.3 is 6.09 Å². The Morgan fingerprint density at radius 3 is 2.25 bits per heavy atom. The molecule has 0 aromatic heterocycles. The number of hydrogen-bond acceptors (Lipinski definition) is 5. The fourth-order valence-corrected chi connectivity index (χ4v) is 4.21. The van der Waals surface area contributed by atoms with E-state index in [9.17, 15) is 14.7 Å². The van der Waals surface area contributed by atoms with Crippen molar-refractivity contribution < 1.29 is 24.2 Å². The highest BCUT2D eigenvalue weighted by Gasteiger charge is 2.51. The van der Waals surface area contributed by atoms with Gasteiger partial charge in [0.25, 0.3) is 0 Å². The van der Waals surface area contributed by atoms with Gasteiger partial charge in [-0.05, 0) is 59.3 Å². The van der Waals surface area contributed by atoms with Crippen LogP contribution in [0.4, 0.5) is 4.79 Å². The summed E-state index contributed by atoms with van der Waals surface area (Å²) in [5, 5.41) is 13.0. The highest BCUT2D eigenvalue weighted by molar-refractivity contribution is 5.81. The molecule has 2 N–H and O–H groups in total. The van der Waals surface area contributed by atoms with Gasteiger partial charge in [-0.3, -0.25) is 9.69 Å². The van der Waals surface area contributed by atoms with Crippen molar-refractivity contribution in [2.75, 3.05) is 13.2 Å². The molecule has 3 atom stereocenters. The standard InChI is InChI=1S/C25H48N2O5/c1-11-12-13-24(7,8)21(29)26-15-20-19(14-18(16-28)17(2)3)27(25(9,10)31-20)22(30)32-23(4,5)6/h17-20,28H,11-16H2,1-10H3,(H,26,29)/t18-,19?,20?/m1/s1. The third kappa shape index (κ3) is 7.91. The van der Waals surface area contributed by atoms with E-state index in [1.54, 1.807) is 4.90 Å². The highest BCUT2D eigenvalue weighted by Crippen LogP contribution is 2.37. The number of ether oxygens (including phenoxy) is 2. The molecular weight excluding hydrogens is 408 g/mol. The van der Waals surface area contributed by atoms with Crippen LogP contribution in [0.5, 0.6) is 0 Å². The van der Waals surface area contributed by atoms with Gasteiger partial charge in [-0.15, -0.1) is 0 Å². The second-order valence-corrected chi connectivity index (χ2v) is 11.6. The van der Waals surface area contributed by atoms with E-state index in [4.69, 9.17) is 9.47 Å². The number of unbranched alkanes of at least 4 members (excludes halogenated alkanes) is 1. The van der Waals surface area contributed by atoms with E-state index < -0.39 is 28.9 Å². The van der Waals surface area contributed by atoms with Crippen LogP contribution in [-0.4, -0.2) is 58.6 Å². The van der Waals surface area contributed by atoms with Crippen LogP contribution in [0.2, 0.25) is 0 Å². The molecule has 0 spiro atoms. The van der Waals surface area contributed by atoms with Gasteiger partial charge in [-0.1, -0.05) is 47.5 Å². The molecule has 1 aliphatic rings. The predicted octanol–water partition coefficient (Wildman–Crippen LogP) is 4.71. The van der Waals surface area contributed by atoms with Crippen molar-refractivity contribution in [3.05, 3.63) is 0 Å². The van der Waals surface area contributed by atoms with Gasteiger partial charge in [0.05, 0.1) is 12.1 Å². The van der Waals surface area contributed by atoms with Crippen molar-refractivity contribution in [3.8, 4) is 0 Å². The molecule has 7 heteroatoms. The molecule has 1 saturated heterocycles. The van der Waals surface area contributed by atoms with Crippen molar-refractivity contribution in [3.63, 3.8) is 0 Å². The normalized spacial score (nSPS) is 22.2. The first-order valence-electron chi connectivity index (χ1n) is 12.1. The number of nitrogens with zero attached hydrogens (tertiary/aromatic N) is 1. The summed E-state index contributed by atoms with van der Waals surface area (Å²) < 4.78 is 12.0. The molecule has 1 fully saturated rings. The monoisotopic (exact) mass is 456 g/mol. The van der Waals surface area contributed by atoms with E-state index in [0.717, 1.165) is 19.3 Å². The minimum Gasteiger partial charge on any atom is -0.444 e. The summed E-state index contributed by atoms with van der Waals surface area (Å²) in [5.41, 5.74) is -1.99. The fraction of sp³-hybridized carbons (Fsp3) is 0.920. The Morgan fingerprint density at radius 2 is 1.78 bits per heavy atom. The summed E-state index contributed by atoms with van der Waals surface area (Å²) in [4.78, 5) is 27.7. The number of carbonyl (C=O) groups is 2. The molecule has 2 unspecified atom stereocenters. The second kappa shape index (κ2) is 11.2. The molecule has 0 saturated carbocycles. The topological polar surface area (TPSA) is 88.1 Å². The number of amides is 2. The van der Waals surface area contributed by atoms with Crippen LogP contribution < -0.4 is 5.32 Å². The third-order valence-corrected chi connectivity index (χ3v) is 6.33. The first-order chi connectivity index (χ1) is 14.6. The van der Waals surface area contributed by atoms with Crippen LogP contribution >= 0.6 is 0 Å². The van der Waals surface area contributed by atoms with E-state index in [1.165, 1.54) is 0 Å². The van der Waals surface area contributed by atoms with E-state index in [0.29, 0.717) is 13.0 Å². The maximum Gasteiger partial charge on any atom is 0.412 e. The van der Waals surface area contributed by atoms with Gasteiger partial charge < -0.3 is 19.9 Å². The minimum atomic E-state index is -0.892. The summed E-state index contributed by atoms with van der Waals surface area (Å²) in [7, 11) is 0. The summed E-state index contributed by atoms with van der Waals surface area (Å²) in [6.45, 7) is 19.7. The predicted molar refractivity (Wildman–Crippen MR) is 127 cm³/mol. The Hall–Kier alpha value is -1.34. The van der Waals surface area contributed by atoms with Crippen molar-refractivity contribution >= 4 is 12.0 Å². The lowest BCUT2D eigenvalue weighted by Crippen LogP contribution is -2.52. The lowest BCUT2D eigenvalue weighted by molar-refractivity contribution is -0.131. The second-order valence-electron chi connectivity index (χ2n) is 11.6. The molecule has 2 amide bonds. The zero-order valence-corrected chi connectivity index (χ0v) is 22.1. The van der Waals surface area contributed by atoms with Gasteiger partial charge in [-0.25, -0.2) is 4.79 Å². The molecule has 0 bridgehead atoms. The maximum atomic E-state index is 13.2. The lowest BCUT2D eigenvalue weighted by Gasteiger charge is -2.36. The molecule has 7 nitrogen and oxygen atoms in total. The number of nitrogens with one attached hydrogen (secondary N) is 1. The first kappa shape index (κ1) is 28.7. The summed E-state index contributed by atoms with van der Waals surface area (Å²) >= 11 is 0. The third-order valence-electron chi connectivity index (χ3n) is 6.33. The van der Waals surface area contributed by atoms with E-state index in [-0.39, 0.29) is 30.4 Å². The van der Waals surface area contributed by atoms with Crippen molar-refractivity contribution in [2.45, 2.75) is 118 Å². The zero-order chi connectivity index (χ0) is 24.9. The Bertz CT molecular complexity index is 624. The van der Waals surface area contributed by atoms with Crippen molar-refractivity contribution in [2.24, 2.45) is 17.3 Å². The number of rotatable bonds is 10. The van der Waals surface area contributed by atoms with E-state index in [1.807, 2.05) is 48.5 Å². The molecule has 0 radical (unpaired) electrons. The minimum absolute atomic E-state index is 0.00151. The molecule has 1 rings (SSSR count).